The Morgan fingerprint density at radius 1 is 0.929 bits per heavy atom. The zero-order valence-electron chi connectivity index (χ0n) is 26.2. The molecule has 5 nitrogen and oxygen atoms in total. The highest BCUT2D eigenvalue weighted by Gasteiger charge is 2.36. The van der Waals surface area contributed by atoms with Crippen molar-refractivity contribution < 1.29 is 4.42 Å². The highest BCUT2D eigenvalue weighted by molar-refractivity contribution is 7.10. The van der Waals surface area contributed by atoms with Crippen LogP contribution in [0.25, 0.3) is 0 Å². The van der Waals surface area contributed by atoms with Gasteiger partial charge in [-0.25, -0.2) is 4.98 Å². The first-order valence-electron chi connectivity index (χ1n) is 16.8. The Labute approximate surface area is 258 Å². The van der Waals surface area contributed by atoms with Crippen LogP contribution >= 0.6 is 11.3 Å². The summed E-state index contributed by atoms with van der Waals surface area (Å²) in [6.07, 6.45) is 13.8. The number of rotatable bonds is 10. The maximum Gasteiger partial charge on any atom is 0.220 e. The molecule has 1 saturated carbocycles. The van der Waals surface area contributed by atoms with E-state index in [0.717, 1.165) is 48.8 Å². The highest BCUT2D eigenvalue weighted by Crippen LogP contribution is 2.44. The maximum absolute atomic E-state index is 6.94. The van der Waals surface area contributed by atoms with Gasteiger partial charge in [0.2, 0.25) is 11.8 Å². The summed E-state index contributed by atoms with van der Waals surface area (Å²) in [7, 11) is 4.53. The third kappa shape index (κ3) is 7.14. The van der Waals surface area contributed by atoms with E-state index in [2.05, 4.69) is 83.6 Å². The van der Waals surface area contributed by atoms with Crippen molar-refractivity contribution >= 4 is 17.2 Å². The molecule has 1 aliphatic carbocycles. The Morgan fingerprint density at radius 3 is 2.40 bits per heavy atom. The van der Waals surface area contributed by atoms with Crippen molar-refractivity contribution in [2.75, 3.05) is 45.2 Å². The van der Waals surface area contributed by atoms with Crippen LogP contribution in [-0.4, -0.2) is 55.1 Å². The second-order valence-corrected chi connectivity index (χ2v) is 14.7. The van der Waals surface area contributed by atoms with E-state index in [0.29, 0.717) is 18.0 Å². The molecule has 3 aliphatic rings. The number of piperidine rings is 2. The fourth-order valence-corrected chi connectivity index (χ4v) is 9.10. The summed E-state index contributed by atoms with van der Waals surface area (Å²) in [5, 5.41) is 2.24. The third-order valence-electron chi connectivity index (χ3n) is 10.3. The largest absolute Gasteiger partial charge is 0.423 e. The van der Waals surface area contributed by atoms with Gasteiger partial charge in [-0.3, -0.25) is 4.90 Å². The van der Waals surface area contributed by atoms with Crippen LogP contribution in [0.3, 0.4) is 0 Å². The van der Waals surface area contributed by atoms with Crippen LogP contribution in [0.5, 0.6) is 0 Å². The summed E-state index contributed by atoms with van der Waals surface area (Å²) < 4.78 is 6.94. The first-order chi connectivity index (χ1) is 20.5. The van der Waals surface area contributed by atoms with E-state index in [1.54, 1.807) is 0 Å². The molecule has 6 heteroatoms. The molecule has 2 aliphatic heterocycles. The van der Waals surface area contributed by atoms with Crippen LogP contribution in [0.15, 0.2) is 52.3 Å². The number of benzene rings is 1. The van der Waals surface area contributed by atoms with Gasteiger partial charge in [-0.15, -0.1) is 11.3 Å². The van der Waals surface area contributed by atoms with E-state index < -0.39 is 0 Å². The van der Waals surface area contributed by atoms with Gasteiger partial charge in [0.1, 0.15) is 5.69 Å². The van der Waals surface area contributed by atoms with Crippen LogP contribution in [0.2, 0.25) is 0 Å². The molecule has 2 saturated heterocycles. The molecular formula is C36H52N4OS. The second kappa shape index (κ2) is 14.1. The van der Waals surface area contributed by atoms with Crippen LogP contribution in [-0.2, 0) is 6.42 Å². The van der Waals surface area contributed by atoms with Crippen LogP contribution in [0.1, 0.15) is 105 Å². The summed E-state index contributed by atoms with van der Waals surface area (Å²) >= 11 is 1.92. The number of thiophene rings is 1. The Morgan fingerprint density at radius 2 is 1.71 bits per heavy atom. The molecule has 3 aromatic rings. The fraction of sp³-hybridized carbons (Fsp3) is 0.639. The van der Waals surface area contributed by atoms with Gasteiger partial charge in [-0.05, 0) is 107 Å². The topological polar surface area (TPSA) is 35.8 Å². The smallest absolute Gasteiger partial charge is 0.220 e. The lowest BCUT2D eigenvalue weighted by Crippen LogP contribution is -2.36. The minimum Gasteiger partial charge on any atom is -0.423 e. The Balaban J connectivity index is 1.23. The molecule has 0 bridgehead atoms. The lowest BCUT2D eigenvalue weighted by molar-refractivity contribution is 0.0949. The minimum atomic E-state index is 0.291. The third-order valence-corrected chi connectivity index (χ3v) is 11.2. The Bertz CT molecular complexity index is 1210. The molecule has 3 fully saturated rings. The number of hydrogen-bond acceptors (Lipinski definition) is 6. The average molecular weight is 589 g/mol. The first kappa shape index (κ1) is 29.9. The SMILES string of the molecule is CC1CCCN(c2oc(C(CC3CCC(C(c4cccs4)N(C)C)CC3)N3CCCCC3)nc2Cc2ccccc2)C1. The molecule has 2 aromatic heterocycles. The normalized spacial score (nSPS) is 25.5. The molecular weight excluding hydrogens is 536 g/mol. The monoisotopic (exact) mass is 588 g/mol. The number of likely N-dealkylation sites (tertiary alicyclic amines) is 1. The molecule has 0 radical (unpaired) electrons. The fourth-order valence-electron chi connectivity index (χ4n) is 8.09. The van der Waals surface area contributed by atoms with E-state index in [1.165, 1.54) is 87.7 Å². The van der Waals surface area contributed by atoms with Gasteiger partial charge >= 0.3 is 0 Å². The van der Waals surface area contributed by atoms with E-state index in [-0.39, 0.29) is 0 Å². The van der Waals surface area contributed by atoms with Crippen LogP contribution in [0, 0.1) is 17.8 Å². The van der Waals surface area contributed by atoms with Gasteiger partial charge < -0.3 is 14.2 Å². The highest BCUT2D eigenvalue weighted by atomic mass is 32.1. The minimum absolute atomic E-state index is 0.291. The molecule has 0 amide bonds. The molecule has 6 rings (SSSR count). The summed E-state index contributed by atoms with van der Waals surface area (Å²) in [4.78, 5) is 14.6. The number of hydrogen-bond donors (Lipinski definition) is 0. The van der Waals surface area contributed by atoms with Crippen molar-refractivity contribution in [3.63, 3.8) is 0 Å². The molecule has 42 heavy (non-hydrogen) atoms. The predicted molar refractivity (Wildman–Crippen MR) is 175 cm³/mol. The molecule has 0 spiro atoms. The molecule has 1 aromatic carbocycles. The van der Waals surface area contributed by atoms with Gasteiger partial charge in [0.05, 0.1) is 6.04 Å². The lowest BCUT2D eigenvalue weighted by Gasteiger charge is -2.39. The number of oxazole rings is 1. The van der Waals surface area contributed by atoms with Crippen molar-refractivity contribution in [2.24, 2.45) is 17.8 Å². The lowest BCUT2D eigenvalue weighted by atomic mass is 9.75. The zero-order chi connectivity index (χ0) is 28.9. The second-order valence-electron chi connectivity index (χ2n) is 13.7. The van der Waals surface area contributed by atoms with Gasteiger partial charge in [0.25, 0.3) is 0 Å². The number of nitrogens with zero attached hydrogens (tertiary/aromatic N) is 4. The number of anilines is 1. The average Bonchev–Trinajstić information content (AvgIpc) is 3.68. The Kier molecular flexibility index (Phi) is 10.0. The van der Waals surface area contributed by atoms with E-state index >= 15 is 0 Å². The zero-order valence-corrected chi connectivity index (χ0v) is 27.0. The van der Waals surface area contributed by atoms with Crippen LogP contribution in [0.4, 0.5) is 5.88 Å². The quantitative estimate of drug-likeness (QED) is 0.237. The van der Waals surface area contributed by atoms with Gasteiger partial charge in [-0.1, -0.05) is 62.6 Å². The molecule has 4 heterocycles. The molecule has 3 atom stereocenters. The van der Waals surface area contributed by atoms with Gasteiger partial charge in [0.15, 0.2) is 0 Å². The summed E-state index contributed by atoms with van der Waals surface area (Å²) in [6.45, 7) is 6.89. The molecule has 0 N–H and O–H groups in total. The van der Waals surface area contributed by atoms with Crippen molar-refractivity contribution in [2.45, 2.75) is 89.6 Å². The predicted octanol–water partition coefficient (Wildman–Crippen LogP) is 8.59. The van der Waals surface area contributed by atoms with E-state index in [4.69, 9.17) is 9.40 Å². The molecule has 3 unspecified atom stereocenters. The molecule has 228 valence electrons. The summed E-state index contributed by atoms with van der Waals surface area (Å²) in [5.74, 6) is 4.22. The van der Waals surface area contributed by atoms with Gasteiger partial charge in [-0.2, -0.15) is 0 Å². The van der Waals surface area contributed by atoms with Crippen LogP contribution < -0.4 is 4.90 Å². The first-order valence-corrected chi connectivity index (χ1v) is 17.7. The summed E-state index contributed by atoms with van der Waals surface area (Å²) in [5.41, 5.74) is 2.46. The standard InChI is InChI=1S/C36H52N4OS/c1-27-12-10-22-40(26-27)36-31(24-28-13-6-4-7-14-28)37-35(41-36)32(39-20-8-5-9-21-39)25-29-16-18-30(19-17-29)34(38(2)3)33-15-11-23-42-33/h4,6-7,11,13-15,23,27,29-30,32,34H,5,8-10,12,16-22,24-26H2,1-3H3. The van der Waals surface area contributed by atoms with Crippen molar-refractivity contribution in [1.29, 1.82) is 0 Å². The summed E-state index contributed by atoms with van der Waals surface area (Å²) in [6, 6.07) is 16.2. The maximum atomic E-state index is 6.94. The van der Waals surface area contributed by atoms with Crippen molar-refractivity contribution in [3.8, 4) is 0 Å². The van der Waals surface area contributed by atoms with E-state index in [1.807, 2.05) is 11.3 Å². The van der Waals surface area contributed by atoms with E-state index in [9.17, 15) is 0 Å². The number of aromatic nitrogens is 1. The van der Waals surface area contributed by atoms with Crippen molar-refractivity contribution in [1.82, 2.24) is 14.8 Å². The van der Waals surface area contributed by atoms with Gasteiger partial charge in [0, 0.05) is 30.4 Å². The Hall–Kier alpha value is -2.15. The van der Waals surface area contributed by atoms with Crippen molar-refractivity contribution in [3.05, 3.63) is 69.9 Å².